The number of ether oxygens (including phenoxy) is 1. The second-order valence-corrected chi connectivity index (χ2v) is 11.2. The van der Waals surface area contributed by atoms with Crippen LogP contribution in [0.15, 0.2) is 47.0 Å². The normalized spacial score (nSPS) is 17.4. The molecule has 2 aliphatic heterocycles. The second kappa shape index (κ2) is 19.0. The first-order chi connectivity index (χ1) is 20.8. The van der Waals surface area contributed by atoms with Crippen LogP contribution < -0.4 is 10.6 Å². The van der Waals surface area contributed by atoms with E-state index in [0.717, 1.165) is 24.0 Å². The average molecular weight is 614 g/mol. The maximum Gasteiger partial charge on any atom is 0.264 e. The first-order valence-electron chi connectivity index (χ1n) is 15.2. The SMILES string of the molecule is CC.CCC1S/C(=C(/C#N)C(=O)NCCOC)N(CC)C1=O.Cc1ccc2cc(C(=O)NCCN3CCCC3)ccc2c1.[HH].[HH]. The molecule has 2 aromatic rings. The molecule has 2 aliphatic rings. The van der Waals surface area contributed by atoms with E-state index in [0.29, 0.717) is 31.1 Å². The smallest absolute Gasteiger partial charge is 0.264 e. The summed E-state index contributed by atoms with van der Waals surface area (Å²) < 4.78 is 4.84. The van der Waals surface area contributed by atoms with Gasteiger partial charge in [0.1, 0.15) is 16.7 Å². The molecule has 10 heteroatoms. The number of benzene rings is 2. The Labute approximate surface area is 264 Å². The Kier molecular flexibility index (Phi) is 15.8. The minimum Gasteiger partial charge on any atom is -0.383 e. The summed E-state index contributed by atoms with van der Waals surface area (Å²) in [5.74, 6) is -0.473. The number of nitrogens with zero attached hydrogens (tertiary/aromatic N) is 3. The molecule has 0 spiro atoms. The van der Waals surface area contributed by atoms with Crippen molar-refractivity contribution in [3.05, 3.63) is 58.1 Å². The van der Waals surface area contributed by atoms with E-state index in [2.05, 4.69) is 40.7 Å². The van der Waals surface area contributed by atoms with E-state index in [1.165, 1.54) is 60.7 Å². The van der Waals surface area contributed by atoms with Gasteiger partial charge in [-0.1, -0.05) is 62.4 Å². The van der Waals surface area contributed by atoms with Crippen LogP contribution in [0.4, 0.5) is 0 Å². The number of hydrogen-bond acceptors (Lipinski definition) is 7. The third kappa shape index (κ3) is 10.4. The van der Waals surface area contributed by atoms with E-state index >= 15 is 0 Å². The van der Waals surface area contributed by atoms with Gasteiger partial charge in [-0.3, -0.25) is 14.4 Å². The Balaban J connectivity index is 0.000000784. The molecule has 1 unspecified atom stereocenters. The molecule has 0 bridgehead atoms. The summed E-state index contributed by atoms with van der Waals surface area (Å²) >= 11 is 1.29. The Morgan fingerprint density at radius 2 is 1.74 bits per heavy atom. The van der Waals surface area contributed by atoms with Gasteiger partial charge in [0.15, 0.2) is 0 Å². The van der Waals surface area contributed by atoms with Crippen LogP contribution >= 0.6 is 11.8 Å². The molecule has 0 saturated carbocycles. The summed E-state index contributed by atoms with van der Waals surface area (Å²) in [6, 6.07) is 14.1. The van der Waals surface area contributed by atoms with Crippen molar-refractivity contribution < 1.29 is 22.0 Å². The number of nitriles is 1. The van der Waals surface area contributed by atoms with Crippen LogP contribution in [0.2, 0.25) is 0 Å². The van der Waals surface area contributed by atoms with Gasteiger partial charge in [0.25, 0.3) is 11.8 Å². The Morgan fingerprint density at radius 3 is 2.37 bits per heavy atom. The number of thioether (sulfide) groups is 1. The zero-order valence-electron chi connectivity index (χ0n) is 26.5. The molecule has 2 N–H and O–H groups in total. The van der Waals surface area contributed by atoms with Crippen molar-refractivity contribution in [2.75, 3.05) is 53.0 Å². The lowest BCUT2D eigenvalue weighted by Gasteiger charge is -2.15. The van der Waals surface area contributed by atoms with Gasteiger partial charge in [-0.2, -0.15) is 5.26 Å². The summed E-state index contributed by atoms with van der Waals surface area (Å²) in [5.41, 5.74) is 1.98. The van der Waals surface area contributed by atoms with Crippen molar-refractivity contribution in [3.63, 3.8) is 0 Å². The molecule has 2 saturated heterocycles. The lowest BCUT2D eigenvalue weighted by Crippen LogP contribution is -2.33. The van der Waals surface area contributed by atoms with E-state index in [9.17, 15) is 19.6 Å². The summed E-state index contributed by atoms with van der Waals surface area (Å²) in [5, 5.41) is 17.4. The minimum atomic E-state index is -0.463. The highest BCUT2D eigenvalue weighted by molar-refractivity contribution is 8.04. The van der Waals surface area contributed by atoms with Crippen molar-refractivity contribution in [3.8, 4) is 6.07 Å². The predicted molar refractivity (Wildman–Crippen MR) is 179 cm³/mol. The number of amides is 3. The van der Waals surface area contributed by atoms with Crippen LogP contribution in [-0.4, -0.2) is 85.8 Å². The third-order valence-corrected chi connectivity index (χ3v) is 8.51. The van der Waals surface area contributed by atoms with Gasteiger partial charge < -0.3 is 25.2 Å². The van der Waals surface area contributed by atoms with E-state index in [-0.39, 0.29) is 25.5 Å². The molecular weight excluding hydrogens is 562 g/mol. The molecule has 0 aliphatic carbocycles. The fourth-order valence-electron chi connectivity index (χ4n) is 4.77. The van der Waals surface area contributed by atoms with Crippen molar-refractivity contribution in [2.24, 2.45) is 0 Å². The van der Waals surface area contributed by atoms with Crippen LogP contribution in [0, 0.1) is 18.3 Å². The highest BCUT2D eigenvalue weighted by Crippen LogP contribution is 2.38. The molecule has 2 fully saturated rings. The molecule has 0 aromatic heterocycles. The van der Waals surface area contributed by atoms with Crippen molar-refractivity contribution >= 4 is 40.3 Å². The van der Waals surface area contributed by atoms with E-state index in [4.69, 9.17) is 4.74 Å². The van der Waals surface area contributed by atoms with Crippen molar-refractivity contribution in [1.82, 2.24) is 20.4 Å². The van der Waals surface area contributed by atoms with E-state index in [1.54, 1.807) is 0 Å². The standard InChI is InChI=1S/C18H22N2O.C13H19N3O3S.C2H6.2H2/c1-14-4-5-16-13-17(7-6-15(16)12-14)18(21)19-8-11-20-9-2-3-10-20;1-4-10-12(18)16(5-2)13(20-10)9(8-14)11(17)15-6-7-19-3;1-2;;/h4-7,12-13H,2-3,8-11H2,1H3,(H,19,21);10H,4-7H2,1-3H3,(H,15,17);1-2H3;2*1H/b;13-9-;;;. The Morgan fingerprint density at radius 1 is 1.07 bits per heavy atom. The minimum absolute atomic E-state index is 0. The van der Waals surface area contributed by atoms with Gasteiger partial charge in [-0.15, -0.1) is 0 Å². The topological polar surface area (TPSA) is 115 Å². The monoisotopic (exact) mass is 613 g/mol. The highest BCUT2D eigenvalue weighted by atomic mass is 32.2. The van der Waals surface area contributed by atoms with Gasteiger partial charge in [-0.05, 0) is 69.1 Å². The number of hydrogen-bond donors (Lipinski definition) is 2. The number of carbonyl (C=O) groups is 3. The maximum atomic E-state index is 12.2. The lowest BCUT2D eigenvalue weighted by atomic mass is 10.0. The van der Waals surface area contributed by atoms with Gasteiger partial charge in [0, 0.05) is 41.7 Å². The van der Waals surface area contributed by atoms with Gasteiger partial charge in [0.2, 0.25) is 5.91 Å². The zero-order valence-corrected chi connectivity index (χ0v) is 27.3. The molecule has 3 amide bonds. The van der Waals surface area contributed by atoms with Gasteiger partial charge in [0.05, 0.1) is 11.9 Å². The van der Waals surface area contributed by atoms with Gasteiger partial charge in [-0.25, -0.2) is 0 Å². The van der Waals surface area contributed by atoms with Crippen LogP contribution in [0.3, 0.4) is 0 Å². The lowest BCUT2D eigenvalue weighted by molar-refractivity contribution is -0.127. The number of likely N-dealkylation sites (tertiary alicyclic amines) is 1. The summed E-state index contributed by atoms with van der Waals surface area (Å²) in [7, 11) is 1.53. The summed E-state index contributed by atoms with van der Waals surface area (Å²) in [6.07, 6.45) is 3.25. The Bertz CT molecular complexity index is 1310. The van der Waals surface area contributed by atoms with Crippen LogP contribution in [0.1, 0.15) is 65.7 Å². The number of nitrogens with one attached hydrogen (secondary N) is 2. The fraction of sp³-hybridized carbons (Fsp3) is 0.515. The number of carbonyl (C=O) groups excluding carboxylic acids is 3. The first-order valence-corrected chi connectivity index (χ1v) is 16.1. The quantitative estimate of drug-likeness (QED) is 0.211. The fourth-order valence-corrected chi connectivity index (χ4v) is 6.03. The van der Waals surface area contributed by atoms with Crippen molar-refractivity contribution in [1.29, 1.82) is 5.26 Å². The second-order valence-electron chi connectivity index (χ2n) is 10.0. The molecular formula is C33H51N5O4S. The number of methoxy groups -OCH3 is 1. The maximum absolute atomic E-state index is 12.2. The molecule has 1 atom stereocenters. The van der Waals surface area contributed by atoms with E-state index < -0.39 is 5.91 Å². The first kappa shape index (κ1) is 35.8. The molecule has 4 rings (SSSR count). The third-order valence-electron chi connectivity index (χ3n) is 7.04. The van der Waals surface area contributed by atoms with E-state index in [1.807, 2.05) is 52.0 Å². The molecule has 9 nitrogen and oxygen atoms in total. The molecule has 2 heterocycles. The summed E-state index contributed by atoms with van der Waals surface area (Å²) in [6.45, 7) is 15.0. The largest absolute Gasteiger partial charge is 0.383 e. The van der Waals surface area contributed by atoms with Crippen molar-refractivity contribution in [2.45, 2.75) is 59.1 Å². The number of rotatable bonds is 10. The molecule has 0 radical (unpaired) electrons. The molecule has 2 aromatic carbocycles. The average Bonchev–Trinajstić information content (AvgIpc) is 3.66. The zero-order chi connectivity index (χ0) is 31.8. The van der Waals surface area contributed by atoms with Gasteiger partial charge >= 0.3 is 0 Å². The number of aryl methyl sites for hydroxylation is 1. The number of fused-ring (bicyclic) bond motifs is 1. The Hall–Kier alpha value is -3.39. The molecule has 238 valence electrons. The molecule has 43 heavy (non-hydrogen) atoms. The van der Waals surface area contributed by atoms with Crippen LogP contribution in [0.5, 0.6) is 0 Å². The van der Waals surface area contributed by atoms with Crippen LogP contribution in [0.25, 0.3) is 10.8 Å². The van der Waals surface area contributed by atoms with Crippen LogP contribution in [-0.2, 0) is 14.3 Å². The summed E-state index contributed by atoms with van der Waals surface area (Å²) in [4.78, 5) is 40.2. The highest BCUT2D eigenvalue weighted by Gasteiger charge is 2.37. The predicted octanol–water partition coefficient (Wildman–Crippen LogP) is 5.35.